The molecular formula is C22H28ClN5O2. The minimum absolute atomic E-state index is 0.0205. The highest BCUT2D eigenvalue weighted by molar-refractivity contribution is 6.30. The molecule has 0 unspecified atom stereocenters. The first kappa shape index (κ1) is 20.9. The van der Waals surface area contributed by atoms with Crippen LogP contribution in [0, 0.1) is 6.92 Å². The van der Waals surface area contributed by atoms with Crippen molar-refractivity contribution in [1.82, 2.24) is 24.5 Å². The molecule has 0 aliphatic carbocycles. The van der Waals surface area contributed by atoms with Crippen LogP contribution in [0.3, 0.4) is 0 Å². The lowest BCUT2D eigenvalue weighted by molar-refractivity contribution is -0.0352. The summed E-state index contributed by atoms with van der Waals surface area (Å²) in [6.07, 6.45) is 2.85. The molecule has 0 bridgehead atoms. The number of aryl methyl sites for hydroxylation is 3. The van der Waals surface area contributed by atoms with E-state index in [-0.39, 0.29) is 6.10 Å². The zero-order valence-electron chi connectivity index (χ0n) is 17.7. The largest absolute Gasteiger partial charge is 0.493 e. The second-order valence-corrected chi connectivity index (χ2v) is 8.18. The minimum Gasteiger partial charge on any atom is -0.493 e. The van der Waals surface area contributed by atoms with Crippen LogP contribution in [-0.2, 0) is 31.8 Å². The summed E-state index contributed by atoms with van der Waals surface area (Å²) in [5.74, 6) is 0.818. The van der Waals surface area contributed by atoms with Crippen molar-refractivity contribution in [2.75, 3.05) is 26.3 Å². The molecule has 0 spiro atoms. The van der Waals surface area contributed by atoms with Crippen LogP contribution in [0.4, 0.5) is 0 Å². The Morgan fingerprint density at radius 1 is 1.20 bits per heavy atom. The van der Waals surface area contributed by atoms with Crippen LogP contribution in [0.5, 0.6) is 5.75 Å². The van der Waals surface area contributed by atoms with Crippen molar-refractivity contribution in [3.05, 3.63) is 64.2 Å². The number of ether oxygens (including phenoxy) is 2. The molecule has 0 amide bonds. The topological polar surface area (TPSA) is 57.3 Å². The highest BCUT2D eigenvalue weighted by Gasteiger charge is 2.25. The van der Waals surface area contributed by atoms with Crippen molar-refractivity contribution in [3.8, 4) is 5.75 Å². The monoisotopic (exact) mass is 429 g/mol. The van der Waals surface area contributed by atoms with E-state index >= 15 is 0 Å². The van der Waals surface area contributed by atoms with E-state index in [1.54, 1.807) is 0 Å². The molecule has 0 radical (unpaired) electrons. The maximum atomic E-state index is 6.04. The Labute approximate surface area is 182 Å². The summed E-state index contributed by atoms with van der Waals surface area (Å²) in [5.41, 5.74) is 4.45. The highest BCUT2D eigenvalue weighted by atomic mass is 35.5. The molecule has 1 aliphatic heterocycles. The molecule has 1 atom stereocenters. The smallest absolute Gasteiger partial charge is 0.119 e. The van der Waals surface area contributed by atoms with Gasteiger partial charge in [-0.25, -0.2) is 0 Å². The Morgan fingerprint density at radius 3 is 2.73 bits per heavy atom. The SMILES string of the molecule is Cc1nn(C)cc1CN1CCO[C@@H](c2cc(CCOc3ccc(Cl)cc3)n(C)n2)C1. The van der Waals surface area contributed by atoms with E-state index in [2.05, 4.69) is 29.2 Å². The molecule has 1 aromatic carbocycles. The average molecular weight is 430 g/mol. The summed E-state index contributed by atoms with van der Waals surface area (Å²) in [7, 11) is 3.94. The van der Waals surface area contributed by atoms with Crippen LogP contribution >= 0.6 is 11.6 Å². The number of halogens is 1. The van der Waals surface area contributed by atoms with Crippen LogP contribution in [0.15, 0.2) is 36.5 Å². The van der Waals surface area contributed by atoms with Gasteiger partial charge in [-0.1, -0.05) is 11.6 Å². The van der Waals surface area contributed by atoms with Gasteiger partial charge in [0.2, 0.25) is 0 Å². The molecule has 7 nitrogen and oxygen atoms in total. The number of hydrogen-bond acceptors (Lipinski definition) is 5. The first-order valence-electron chi connectivity index (χ1n) is 10.2. The molecule has 8 heteroatoms. The van der Waals surface area contributed by atoms with E-state index in [1.165, 1.54) is 5.56 Å². The first-order valence-corrected chi connectivity index (χ1v) is 10.6. The molecule has 30 heavy (non-hydrogen) atoms. The molecule has 0 N–H and O–H groups in total. The first-order chi connectivity index (χ1) is 14.5. The van der Waals surface area contributed by atoms with Gasteiger partial charge in [0.25, 0.3) is 0 Å². The summed E-state index contributed by atoms with van der Waals surface area (Å²) < 4.78 is 15.7. The Morgan fingerprint density at radius 2 is 2.00 bits per heavy atom. The van der Waals surface area contributed by atoms with Gasteiger partial charge in [0.05, 0.1) is 24.6 Å². The molecule has 160 valence electrons. The molecule has 3 heterocycles. The zero-order chi connectivity index (χ0) is 21.1. The van der Waals surface area contributed by atoms with Gasteiger partial charge in [-0.3, -0.25) is 14.3 Å². The third-order valence-electron chi connectivity index (χ3n) is 5.43. The minimum atomic E-state index is -0.0205. The van der Waals surface area contributed by atoms with E-state index in [0.29, 0.717) is 18.2 Å². The van der Waals surface area contributed by atoms with Crippen LogP contribution in [-0.4, -0.2) is 50.8 Å². The zero-order valence-corrected chi connectivity index (χ0v) is 18.5. The molecule has 4 rings (SSSR count). The number of nitrogens with zero attached hydrogens (tertiary/aromatic N) is 5. The number of rotatable bonds is 7. The summed E-state index contributed by atoms with van der Waals surface area (Å²) >= 11 is 5.92. The van der Waals surface area contributed by atoms with Gasteiger partial charge in [0.1, 0.15) is 11.9 Å². The predicted molar refractivity (Wildman–Crippen MR) is 116 cm³/mol. The molecule has 3 aromatic rings. The number of benzene rings is 1. The number of aromatic nitrogens is 4. The van der Waals surface area contributed by atoms with Crippen molar-refractivity contribution >= 4 is 11.6 Å². The van der Waals surface area contributed by atoms with E-state index in [4.69, 9.17) is 26.2 Å². The molecule has 1 aliphatic rings. The van der Waals surface area contributed by atoms with Crippen LogP contribution in [0.1, 0.15) is 28.7 Å². The van der Waals surface area contributed by atoms with Gasteiger partial charge in [-0.05, 0) is 37.3 Å². The van der Waals surface area contributed by atoms with Gasteiger partial charge < -0.3 is 9.47 Å². The molecular weight excluding hydrogens is 402 g/mol. The Kier molecular flexibility index (Phi) is 6.41. The summed E-state index contributed by atoms with van der Waals surface area (Å²) in [5, 5.41) is 9.87. The highest BCUT2D eigenvalue weighted by Crippen LogP contribution is 2.24. The third kappa shape index (κ3) is 5.03. The van der Waals surface area contributed by atoms with Crippen molar-refractivity contribution in [2.45, 2.75) is 26.0 Å². The Hall–Kier alpha value is -2.35. The molecule has 1 saturated heterocycles. The van der Waals surface area contributed by atoms with Gasteiger partial charge in [-0.2, -0.15) is 10.2 Å². The standard InChI is InChI=1S/C22H28ClN5O2/c1-16-17(13-26(2)24-16)14-28-9-11-30-22(15-28)21-12-19(27(3)25-21)8-10-29-20-6-4-18(23)5-7-20/h4-7,12-13,22H,8-11,14-15H2,1-3H3/t22-/m1/s1. The lowest BCUT2D eigenvalue weighted by Crippen LogP contribution is -2.38. The van der Waals surface area contributed by atoms with Gasteiger partial charge in [0, 0.05) is 62.6 Å². The fraction of sp³-hybridized carbons (Fsp3) is 0.455. The molecule has 0 saturated carbocycles. The van der Waals surface area contributed by atoms with Crippen LogP contribution < -0.4 is 4.74 Å². The molecule has 2 aromatic heterocycles. The van der Waals surface area contributed by atoms with E-state index in [0.717, 1.165) is 48.9 Å². The lowest BCUT2D eigenvalue weighted by atomic mass is 10.1. The van der Waals surface area contributed by atoms with Gasteiger partial charge in [0.15, 0.2) is 0 Å². The van der Waals surface area contributed by atoms with Gasteiger partial charge >= 0.3 is 0 Å². The Balaban J connectivity index is 1.34. The summed E-state index contributed by atoms with van der Waals surface area (Å²) in [4.78, 5) is 2.41. The summed E-state index contributed by atoms with van der Waals surface area (Å²) in [6.45, 7) is 5.97. The van der Waals surface area contributed by atoms with Crippen molar-refractivity contribution in [3.63, 3.8) is 0 Å². The predicted octanol–water partition coefficient (Wildman–Crippen LogP) is 3.31. The maximum absolute atomic E-state index is 6.04. The number of morpholine rings is 1. The quantitative estimate of drug-likeness (QED) is 0.576. The van der Waals surface area contributed by atoms with Gasteiger partial charge in [-0.15, -0.1) is 0 Å². The summed E-state index contributed by atoms with van der Waals surface area (Å²) in [6, 6.07) is 9.56. The maximum Gasteiger partial charge on any atom is 0.119 e. The molecule has 1 fully saturated rings. The van der Waals surface area contributed by atoms with E-state index in [9.17, 15) is 0 Å². The second-order valence-electron chi connectivity index (χ2n) is 7.74. The fourth-order valence-corrected chi connectivity index (χ4v) is 3.92. The fourth-order valence-electron chi connectivity index (χ4n) is 3.80. The van der Waals surface area contributed by atoms with Crippen LogP contribution in [0.2, 0.25) is 5.02 Å². The normalized spacial score (nSPS) is 17.4. The van der Waals surface area contributed by atoms with Crippen molar-refractivity contribution < 1.29 is 9.47 Å². The average Bonchev–Trinajstić information content (AvgIpc) is 3.25. The van der Waals surface area contributed by atoms with Crippen molar-refractivity contribution in [1.29, 1.82) is 0 Å². The van der Waals surface area contributed by atoms with E-state index < -0.39 is 0 Å². The van der Waals surface area contributed by atoms with E-state index in [1.807, 2.05) is 47.7 Å². The lowest BCUT2D eigenvalue weighted by Gasteiger charge is -2.31. The second kappa shape index (κ2) is 9.20. The third-order valence-corrected chi connectivity index (χ3v) is 5.68. The van der Waals surface area contributed by atoms with Crippen LogP contribution in [0.25, 0.3) is 0 Å². The number of hydrogen-bond donors (Lipinski definition) is 0. The Bertz CT molecular complexity index is 982. The van der Waals surface area contributed by atoms with Crippen molar-refractivity contribution in [2.24, 2.45) is 14.1 Å².